The molecule has 4 rings (SSSR count). The van der Waals surface area contributed by atoms with Crippen LogP contribution in [0.4, 0.5) is 11.6 Å². The van der Waals surface area contributed by atoms with Crippen LogP contribution in [0, 0.1) is 0 Å². The monoisotopic (exact) mass is 341 g/mol. The van der Waals surface area contributed by atoms with Crippen molar-refractivity contribution in [3.05, 3.63) is 41.7 Å². The Morgan fingerprint density at radius 1 is 1.29 bits per heavy atom. The van der Waals surface area contributed by atoms with Gasteiger partial charge in [-0.25, -0.2) is 15.0 Å². The first-order valence-corrected chi connectivity index (χ1v) is 8.91. The summed E-state index contributed by atoms with van der Waals surface area (Å²) in [7, 11) is 0. The molecule has 3 aromatic rings. The summed E-state index contributed by atoms with van der Waals surface area (Å²) in [6.45, 7) is 5.33. The van der Waals surface area contributed by atoms with Crippen LogP contribution in [0.1, 0.15) is 12.5 Å². The van der Waals surface area contributed by atoms with Crippen LogP contribution in [0.25, 0.3) is 10.2 Å². The van der Waals surface area contributed by atoms with Gasteiger partial charge in [-0.1, -0.05) is 6.07 Å². The third-order valence-corrected chi connectivity index (χ3v) is 4.92. The summed E-state index contributed by atoms with van der Waals surface area (Å²) in [6.07, 6.45) is 3.78. The molecule has 3 aromatic heterocycles. The molecule has 0 saturated carbocycles. The first kappa shape index (κ1) is 15.3. The highest BCUT2D eigenvalue weighted by atomic mass is 32.1. The predicted octanol–water partition coefficient (Wildman–Crippen LogP) is 2.92. The third-order valence-electron chi connectivity index (χ3n) is 4.10. The zero-order valence-corrected chi connectivity index (χ0v) is 14.3. The van der Waals surface area contributed by atoms with Gasteiger partial charge < -0.3 is 15.0 Å². The molecule has 7 heteroatoms. The second-order valence-electron chi connectivity index (χ2n) is 5.87. The van der Waals surface area contributed by atoms with E-state index in [1.807, 2.05) is 17.6 Å². The van der Waals surface area contributed by atoms with Gasteiger partial charge in [0.1, 0.15) is 22.8 Å². The molecule has 1 saturated heterocycles. The molecular formula is C17H19N5OS. The topological polar surface area (TPSA) is 63.2 Å². The maximum Gasteiger partial charge on any atom is 0.138 e. The third kappa shape index (κ3) is 3.18. The molecule has 1 atom stereocenters. The summed E-state index contributed by atoms with van der Waals surface area (Å²) >= 11 is 1.62. The molecule has 1 fully saturated rings. The number of morpholine rings is 1. The van der Waals surface area contributed by atoms with Gasteiger partial charge in [0.15, 0.2) is 0 Å². The maximum absolute atomic E-state index is 5.58. The summed E-state index contributed by atoms with van der Waals surface area (Å²) < 4.78 is 5.58. The molecule has 6 nitrogen and oxygen atoms in total. The fourth-order valence-corrected chi connectivity index (χ4v) is 3.58. The van der Waals surface area contributed by atoms with Crippen molar-refractivity contribution in [1.82, 2.24) is 15.0 Å². The number of nitrogens with zero attached hydrogens (tertiary/aromatic N) is 4. The van der Waals surface area contributed by atoms with Crippen molar-refractivity contribution in [3.63, 3.8) is 0 Å². The standard InChI is InChI=1S/C17H19N5OS/c1-12-10-22(5-6-23-12)15-3-2-13(8-18-15)9-19-16-14-4-7-24-17(14)21-11-20-16/h2-4,7-8,11-12H,5-6,9-10H2,1H3,(H,19,20,21). The molecular weight excluding hydrogens is 322 g/mol. The molecule has 0 amide bonds. The van der Waals surface area contributed by atoms with Crippen LogP contribution in [0.5, 0.6) is 0 Å². The molecule has 0 spiro atoms. The summed E-state index contributed by atoms with van der Waals surface area (Å²) in [5, 5.41) is 6.47. The fraction of sp³-hybridized carbons (Fsp3) is 0.353. The molecule has 1 aliphatic heterocycles. The van der Waals surface area contributed by atoms with E-state index < -0.39 is 0 Å². The Kier molecular flexibility index (Phi) is 4.27. The maximum atomic E-state index is 5.58. The smallest absolute Gasteiger partial charge is 0.138 e. The van der Waals surface area contributed by atoms with E-state index in [4.69, 9.17) is 4.74 Å². The van der Waals surface area contributed by atoms with Crippen LogP contribution in [0.15, 0.2) is 36.1 Å². The average Bonchev–Trinajstić information content (AvgIpc) is 3.10. The Balaban J connectivity index is 1.43. The van der Waals surface area contributed by atoms with Crippen molar-refractivity contribution in [3.8, 4) is 0 Å². The van der Waals surface area contributed by atoms with E-state index >= 15 is 0 Å². The number of rotatable bonds is 4. The normalized spacial score (nSPS) is 18.0. The Hall–Kier alpha value is -2.25. The highest BCUT2D eigenvalue weighted by Gasteiger charge is 2.17. The van der Waals surface area contributed by atoms with Crippen LogP contribution in [0.2, 0.25) is 0 Å². The van der Waals surface area contributed by atoms with Crippen molar-refractivity contribution in [2.45, 2.75) is 19.6 Å². The lowest BCUT2D eigenvalue weighted by molar-refractivity contribution is 0.0529. The minimum atomic E-state index is 0.257. The minimum Gasteiger partial charge on any atom is -0.375 e. The van der Waals surface area contributed by atoms with Gasteiger partial charge in [-0.05, 0) is 30.0 Å². The predicted molar refractivity (Wildman–Crippen MR) is 96.6 cm³/mol. The van der Waals surface area contributed by atoms with Crippen molar-refractivity contribution in [2.24, 2.45) is 0 Å². The molecule has 124 valence electrons. The molecule has 1 aliphatic rings. The Labute approximate surface area is 144 Å². The van der Waals surface area contributed by atoms with E-state index in [1.54, 1.807) is 17.7 Å². The quantitative estimate of drug-likeness (QED) is 0.787. The number of fused-ring (bicyclic) bond motifs is 1. The number of hydrogen-bond acceptors (Lipinski definition) is 7. The summed E-state index contributed by atoms with van der Waals surface area (Å²) in [5.74, 6) is 1.88. The van der Waals surface area contributed by atoms with Gasteiger partial charge in [-0.3, -0.25) is 0 Å². The highest BCUT2D eigenvalue weighted by Crippen LogP contribution is 2.24. The Morgan fingerprint density at radius 2 is 2.25 bits per heavy atom. The van der Waals surface area contributed by atoms with Crippen molar-refractivity contribution >= 4 is 33.2 Å². The molecule has 4 heterocycles. The van der Waals surface area contributed by atoms with Crippen molar-refractivity contribution in [2.75, 3.05) is 29.9 Å². The second-order valence-corrected chi connectivity index (χ2v) is 6.76. The van der Waals surface area contributed by atoms with E-state index in [-0.39, 0.29) is 6.10 Å². The average molecular weight is 341 g/mol. The van der Waals surface area contributed by atoms with E-state index in [9.17, 15) is 0 Å². The SMILES string of the molecule is CC1CN(c2ccc(CNc3ncnc4sccc34)cn2)CCO1. The molecule has 0 bridgehead atoms. The number of aromatic nitrogens is 3. The lowest BCUT2D eigenvalue weighted by atomic mass is 10.2. The number of ether oxygens (including phenoxy) is 1. The minimum absolute atomic E-state index is 0.257. The van der Waals surface area contributed by atoms with Gasteiger partial charge in [-0.2, -0.15) is 0 Å². The zero-order chi connectivity index (χ0) is 16.4. The summed E-state index contributed by atoms with van der Waals surface area (Å²) in [4.78, 5) is 16.5. The van der Waals surface area contributed by atoms with E-state index in [0.29, 0.717) is 6.54 Å². The largest absolute Gasteiger partial charge is 0.375 e. The Morgan fingerprint density at radius 3 is 3.08 bits per heavy atom. The van der Waals surface area contributed by atoms with Crippen LogP contribution >= 0.6 is 11.3 Å². The van der Waals surface area contributed by atoms with Crippen LogP contribution < -0.4 is 10.2 Å². The molecule has 0 radical (unpaired) electrons. The van der Waals surface area contributed by atoms with Crippen molar-refractivity contribution < 1.29 is 4.74 Å². The van der Waals surface area contributed by atoms with Gasteiger partial charge in [0.2, 0.25) is 0 Å². The second kappa shape index (κ2) is 6.70. The van der Waals surface area contributed by atoms with Crippen LogP contribution in [-0.2, 0) is 11.3 Å². The molecule has 1 N–H and O–H groups in total. The number of pyridine rings is 1. The number of hydrogen-bond donors (Lipinski definition) is 1. The summed E-state index contributed by atoms with van der Waals surface area (Å²) in [5.41, 5.74) is 1.13. The van der Waals surface area contributed by atoms with Crippen molar-refractivity contribution in [1.29, 1.82) is 0 Å². The van der Waals surface area contributed by atoms with E-state index in [0.717, 1.165) is 47.1 Å². The highest BCUT2D eigenvalue weighted by molar-refractivity contribution is 7.16. The molecule has 1 unspecified atom stereocenters. The van der Waals surface area contributed by atoms with Gasteiger partial charge in [0.05, 0.1) is 18.1 Å². The first-order chi connectivity index (χ1) is 11.8. The summed E-state index contributed by atoms with van der Waals surface area (Å²) in [6, 6.07) is 6.24. The molecule has 0 aromatic carbocycles. The first-order valence-electron chi connectivity index (χ1n) is 8.03. The van der Waals surface area contributed by atoms with Crippen LogP contribution in [-0.4, -0.2) is 40.8 Å². The molecule has 0 aliphatic carbocycles. The fourth-order valence-electron chi connectivity index (χ4n) is 2.85. The number of anilines is 2. The van der Waals surface area contributed by atoms with E-state index in [2.05, 4.69) is 44.2 Å². The Bertz CT molecular complexity index is 819. The zero-order valence-electron chi connectivity index (χ0n) is 13.5. The lowest BCUT2D eigenvalue weighted by Gasteiger charge is -2.32. The van der Waals surface area contributed by atoms with Gasteiger partial charge >= 0.3 is 0 Å². The van der Waals surface area contributed by atoms with E-state index in [1.165, 1.54) is 0 Å². The van der Waals surface area contributed by atoms with Gasteiger partial charge in [0.25, 0.3) is 0 Å². The molecule has 24 heavy (non-hydrogen) atoms. The van der Waals surface area contributed by atoms with Crippen LogP contribution in [0.3, 0.4) is 0 Å². The number of nitrogens with one attached hydrogen (secondary N) is 1. The van der Waals surface area contributed by atoms with Gasteiger partial charge in [0, 0.05) is 25.8 Å². The lowest BCUT2D eigenvalue weighted by Crippen LogP contribution is -2.41. The van der Waals surface area contributed by atoms with Gasteiger partial charge in [-0.15, -0.1) is 11.3 Å². The number of thiophene rings is 1.